The molecule has 0 saturated heterocycles. The van der Waals surface area contributed by atoms with Gasteiger partial charge >= 0.3 is 0 Å². The number of nitrogens with one attached hydrogen (secondary N) is 2. The van der Waals surface area contributed by atoms with Crippen LogP contribution in [0.1, 0.15) is 46.0 Å². The lowest BCUT2D eigenvalue weighted by atomic mass is 9.47. The Bertz CT molecular complexity index is 587. The molecule has 0 aliphatic heterocycles. The summed E-state index contributed by atoms with van der Waals surface area (Å²) in [6.45, 7) is 5.06. The van der Waals surface area contributed by atoms with Gasteiger partial charge in [-0.25, -0.2) is 0 Å². The van der Waals surface area contributed by atoms with Crippen molar-refractivity contribution in [1.82, 2.24) is 10.6 Å². The van der Waals surface area contributed by atoms with Gasteiger partial charge in [0.1, 0.15) is 0 Å². The molecule has 126 valence electrons. The zero-order chi connectivity index (χ0) is 16.2. The summed E-state index contributed by atoms with van der Waals surface area (Å²) in [5, 5.41) is 6.85. The van der Waals surface area contributed by atoms with E-state index in [0.717, 1.165) is 23.7 Å². The molecule has 23 heavy (non-hydrogen) atoms. The van der Waals surface area contributed by atoms with Crippen LogP contribution in [-0.2, 0) is 0 Å². The van der Waals surface area contributed by atoms with Crippen LogP contribution in [0.4, 0.5) is 0 Å². The highest BCUT2D eigenvalue weighted by Gasteiger charge is 2.57. The van der Waals surface area contributed by atoms with Crippen molar-refractivity contribution in [3.05, 3.63) is 35.7 Å². The lowest BCUT2D eigenvalue weighted by molar-refractivity contribution is -0.0490. The van der Waals surface area contributed by atoms with E-state index in [9.17, 15) is 0 Å². The SMILES string of the molecule is CNC1=CC2CC[C@@H]3[C@H](CC[C@]4(C)C(NC)=CC[C@@H]34)[C@@]2(C)C=C1. The Morgan fingerprint density at radius 1 is 1.04 bits per heavy atom. The molecule has 0 amide bonds. The molecule has 0 aromatic rings. The van der Waals surface area contributed by atoms with Crippen molar-refractivity contribution in [3.63, 3.8) is 0 Å². The Balaban J connectivity index is 1.64. The van der Waals surface area contributed by atoms with E-state index < -0.39 is 0 Å². The molecule has 2 heteroatoms. The van der Waals surface area contributed by atoms with E-state index in [-0.39, 0.29) is 0 Å². The second-order valence-corrected chi connectivity index (χ2v) is 8.69. The minimum absolute atomic E-state index is 0.368. The van der Waals surface area contributed by atoms with Gasteiger partial charge in [-0.2, -0.15) is 0 Å². The maximum atomic E-state index is 3.51. The highest BCUT2D eigenvalue weighted by molar-refractivity contribution is 5.31. The third-order valence-corrected chi connectivity index (χ3v) is 7.99. The number of rotatable bonds is 2. The smallest absolute Gasteiger partial charge is 0.0297 e. The first kappa shape index (κ1) is 15.4. The summed E-state index contributed by atoms with van der Waals surface area (Å²) in [6.07, 6.45) is 16.7. The number of hydrogen-bond acceptors (Lipinski definition) is 2. The van der Waals surface area contributed by atoms with Crippen LogP contribution in [0.5, 0.6) is 0 Å². The van der Waals surface area contributed by atoms with E-state index in [0.29, 0.717) is 10.8 Å². The fraction of sp³-hybridized carbons (Fsp3) is 0.714. The van der Waals surface area contributed by atoms with Crippen LogP contribution in [0.25, 0.3) is 0 Å². The number of likely N-dealkylation sites (N-methyl/N-ethyl adjacent to an activating group) is 1. The molecule has 4 rings (SSSR count). The lowest BCUT2D eigenvalue weighted by Gasteiger charge is -2.58. The Labute approximate surface area is 141 Å². The summed E-state index contributed by atoms with van der Waals surface area (Å²) >= 11 is 0. The largest absolute Gasteiger partial charge is 0.391 e. The molecule has 4 aliphatic rings. The minimum Gasteiger partial charge on any atom is -0.391 e. The van der Waals surface area contributed by atoms with E-state index in [1.807, 2.05) is 7.05 Å². The summed E-state index contributed by atoms with van der Waals surface area (Å²) in [4.78, 5) is 0. The molecule has 1 unspecified atom stereocenters. The van der Waals surface area contributed by atoms with Gasteiger partial charge < -0.3 is 10.6 Å². The van der Waals surface area contributed by atoms with E-state index >= 15 is 0 Å². The average molecular weight is 313 g/mol. The van der Waals surface area contributed by atoms with E-state index in [1.54, 1.807) is 0 Å². The van der Waals surface area contributed by atoms with Gasteiger partial charge in [0.2, 0.25) is 0 Å². The first-order chi connectivity index (χ1) is 11.0. The molecule has 2 nitrogen and oxygen atoms in total. The molecular formula is C21H32N2. The first-order valence-electron chi connectivity index (χ1n) is 9.50. The zero-order valence-corrected chi connectivity index (χ0v) is 15.2. The summed E-state index contributed by atoms with van der Waals surface area (Å²) < 4.78 is 0. The van der Waals surface area contributed by atoms with Crippen LogP contribution in [0.3, 0.4) is 0 Å². The van der Waals surface area contributed by atoms with Gasteiger partial charge in [0.15, 0.2) is 0 Å². The second-order valence-electron chi connectivity index (χ2n) is 8.69. The lowest BCUT2D eigenvalue weighted by Crippen LogP contribution is -2.51. The molecule has 0 aromatic carbocycles. The van der Waals surface area contributed by atoms with Gasteiger partial charge in [-0.1, -0.05) is 32.1 Å². The number of hydrogen-bond donors (Lipinski definition) is 2. The summed E-state index contributed by atoms with van der Waals surface area (Å²) in [5.74, 6) is 3.32. The zero-order valence-electron chi connectivity index (χ0n) is 15.2. The van der Waals surface area contributed by atoms with Crippen LogP contribution < -0.4 is 10.6 Å². The molecule has 2 fully saturated rings. The maximum absolute atomic E-state index is 3.51. The first-order valence-corrected chi connectivity index (χ1v) is 9.50. The quantitative estimate of drug-likeness (QED) is 0.797. The Hall–Kier alpha value is -1.18. The Kier molecular flexibility index (Phi) is 3.44. The number of allylic oxidation sites excluding steroid dienone is 5. The van der Waals surface area contributed by atoms with Gasteiger partial charge in [0, 0.05) is 30.9 Å². The van der Waals surface area contributed by atoms with Crippen molar-refractivity contribution >= 4 is 0 Å². The van der Waals surface area contributed by atoms with Crippen molar-refractivity contribution in [3.8, 4) is 0 Å². The molecule has 2 saturated carbocycles. The van der Waals surface area contributed by atoms with Crippen molar-refractivity contribution in [2.45, 2.75) is 46.0 Å². The molecular weight excluding hydrogens is 280 g/mol. The maximum Gasteiger partial charge on any atom is 0.0297 e. The Morgan fingerprint density at radius 3 is 2.61 bits per heavy atom. The van der Waals surface area contributed by atoms with E-state index in [2.05, 4.69) is 55.8 Å². The monoisotopic (exact) mass is 312 g/mol. The van der Waals surface area contributed by atoms with Crippen molar-refractivity contribution in [1.29, 1.82) is 0 Å². The predicted octanol–water partition coefficient (Wildman–Crippen LogP) is 4.23. The molecule has 0 spiro atoms. The van der Waals surface area contributed by atoms with Crippen LogP contribution in [0, 0.1) is 34.5 Å². The highest BCUT2D eigenvalue weighted by atomic mass is 14.9. The average Bonchev–Trinajstić information content (AvgIpc) is 2.90. The third-order valence-electron chi connectivity index (χ3n) is 7.99. The van der Waals surface area contributed by atoms with Crippen molar-refractivity contribution in [2.24, 2.45) is 34.5 Å². The van der Waals surface area contributed by atoms with Crippen LogP contribution in [0.2, 0.25) is 0 Å². The van der Waals surface area contributed by atoms with Crippen molar-refractivity contribution < 1.29 is 0 Å². The fourth-order valence-corrected chi connectivity index (χ4v) is 6.59. The summed E-state index contributed by atoms with van der Waals surface area (Å²) in [7, 11) is 4.15. The molecule has 0 heterocycles. The van der Waals surface area contributed by atoms with Gasteiger partial charge in [0.05, 0.1) is 0 Å². The van der Waals surface area contributed by atoms with Gasteiger partial charge in [-0.05, 0) is 67.3 Å². The van der Waals surface area contributed by atoms with E-state index in [1.165, 1.54) is 43.5 Å². The van der Waals surface area contributed by atoms with E-state index in [4.69, 9.17) is 0 Å². The topological polar surface area (TPSA) is 24.1 Å². The van der Waals surface area contributed by atoms with Crippen LogP contribution in [-0.4, -0.2) is 14.1 Å². The summed E-state index contributed by atoms with van der Waals surface area (Å²) in [5.41, 5.74) is 3.60. The van der Waals surface area contributed by atoms with Crippen molar-refractivity contribution in [2.75, 3.05) is 14.1 Å². The third kappa shape index (κ3) is 1.99. The normalized spacial score (nSPS) is 47.8. The second kappa shape index (κ2) is 5.16. The molecule has 0 radical (unpaired) electrons. The molecule has 4 aliphatic carbocycles. The van der Waals surface area contributed by atoms with Gasteiger partial charge in [-0.3, -0.25) is 0 Å². The van der Waals surface area contributed by atoms with Gasteiger partial charge in [-0.15, -0.1) is 0 Å². The fourth-order valence-electron chi connectivity index (χ4n) is 6.59. The molecule has 0 aromatic heterocycles. The molecule has 0 bridgehead atoms. The summed E-state index contributed by atoms with van der Waals surface area (Å²) in [6, 6.07) is 0. The van der Waals surface area contributed by atoms with Crippen LogP contribution >= 0.6 is 0 Å². The van der Waals surface area contributed by atoms with Gasteiger partial charge in [0.25, 0.3) is 0 Å². The molecule has 2 N–H and O–H groups in total. The molecule has 6 atom stereocenters. The standard InChI is InChI=1S/C21H32N2/c1-20-11-9-15(22-3)13-14(20)5-6-16-17-7-8-19(23-4)21(17,2)12-10-18(16)20/h8-9,11,13-14,16-18,22-23H,5-7,10,12H2,1-4H3/t14?,16-,17-,18-,20-,21-/m0/s1. The minimum atomic E-state index is 0.368. The Morgan fingerprint density at radius 2 is 1.87 bits per heavy atom. The number of fused-ring (bicyclic) bond motifs is 5. The van der Waals surface area contributed by atoms with Crippen LogP contribution in [0.15, 0.2) is 35.7 Å². The highest BCUT2D eigenvalue weighted by Crippen LogP contribution is 2.64. The predicted molar refractivity (Wildman–Crippen MR) is 96.7 cm³/mol.